The summed E-state index contributed by atoms with van der Waals surface area (Å²) in [5.74, 6) is 0. The van der Waals surface area contributed by atoms with Crippen LogP contribution in [0, 0.1) is 0 Å². The fourth-order valence-electron chi connectivity index (χ4n) is 0. The van der Waals surface area contributed by atoms with Gasteiger partial charge in [-0.15, -0.1) is 0 Å². The molecule has 0 aromatic rings. The summed E-state index contributed by atoms with van der Waals surface area (Å²) >= 11 is 0. The summed E-state index contributed by atoms with van der Waals surface area (Å²) in [6.45, 7) is 0. The molecule has 14 heteroatoms. The van der Waals surface area contributed by atoms with Crippen molar-refractivity contribution in [2.45, 2.75) is 0 Å². The first-order chi connectivity index (χ1) is 4.00. The van der Waals surface area contributed by atoms with E-state index in [9.17, 15) is 0 Å². The minimum atomic E-state index is -4.64. The van der Waals surface area contributed by atoms with Crippen LogP contribution in [0.25, 0.3) is 0 Å². The molecule has 0 amide bonds. The van der Waals surface area contributed by atoms with Gasteiger partial charge in [-0.25, -0.2) is 4.57 Å². The van der Waals surface area contributed by atoms with Gasteiger partial charge in [-0.3, -0.25) is 0 Å². The fraction of sp³-hybridized carbons (Fsp3) is 0. The SMILES string of the molecule is O=P(O)(O)O.O[Si](O)(O)O.[AlH3].[Ca+2].[H-].[H-].[H-].[H-].[Sr+2].[Zn]. The number of hydrogen-bond donors (Lipinski definition) is 7. The van der Waals surface area contributed by atoms with Crippen LogP contribution < -0.4 is 0 Å². The van der Waals surface area contributed by atoms with Gasteiger partial charge in [0.1, 0.15) is 0 Å². The second-order valence-electron chi connectivity index (χ2n) is 1.11. The molecule has 0 aromatic carbocycles. The first kappa shape index (κ1) is 36.1. The van der Waals surface area contributed by atoms with E-state index in [1.54, 1.807) is 0 Å². The van der Waals surface area contributed by atoms with E-state index >= 15 is 0 Å². The van der Waals surface area contributed by atoms with Crippen LogP contribution in [0.5, 0.6) is 0 Å². The molecule has 0 saturated heterocycles. The number of phosphoric acid groups is 1. The Morgan fingerprint density at radius 1 is 1.00 bits per heavy atom. The van der Waals surface area contributed by atoms with E-state index in [4.69, 9.17) is 38.4 Å². The van der Waals surface area contributed by atoms with Gasteiger partial charge in [-0.2, -0.15) is 0 Å². The average molecular weight is 421 g/mol. The summed E-state index contributed by atoms with van der Waals surface area (Å²) in [7, 11) is -9.25. The maximum atomic E-state index is 8.88. The Kier molecular flexibility index (Phi) is 44.0. The molecule has 0 atom stereocenters. The van der Waals surface area contributed by atoms with Gasteiger partial charge in [-0.1, -0.05) is 0 Å². The van der Waals surface area contributed by atoms with E-state index < -0.39 is 16.9 Å². The van der Waals surface area contributed by atoms with E-state index in [1.165, 1.54) is 0 Å². The van der Waals surface area contributed by atoms with Crippen LogP contribution in [0.1, 0.15) is 5.71 Å². The molecule has 14 heavy (non-hydrogen) atoms. The fourth-order valence-corrected chi connectivity index (χ4v) is 0. The Morgan fingerprint density at radius 2 is 1.00 bits per heavy atom. The summed E-state index contributed by atoms with van der Waals surface area (Å²) in [6, 6.07) is 0. The summed E-state index contributed by atoms with van der Waals surface area (Å²) < 4.78 is 8.88. The van der Waals surface area contributed by atoms with Gasteiger partial charge in [0.2, 0.25) is 0 Å². The van der Waals surface area contributed by atoms with E-state index in [0.717, 1.165) is 0 Å². The maximum absolute atomic E-state index is 8.88. The van der Waals surface area contributed by atoms with Crippen LogP contribution in [0.4, 0.5) is 0 Å². The zero-order valence-electron chi connectivity index (χ0n) is 10.6. The predicted octanol–water partition coefficient (Wildman–Crippen LogP) is -5.04. The van der Waals surface area contributed by atoms with Gasteiger partial charge < -0.3 is 39.6 Å². The molecule has 0 fully saturated rings. The molecule has 80 valence electrons. The molecule has 0 rings (SSSR count). The molecule has 0 aliphatic rings. The standard InChI is InChI=1S/Al.Ca.H3O4P.H4O4Si.Sr.Zn.7H/c;;2*1-5(2,3)4;;;;;;;;;/h;;(H3,1,2,3,4);1-4H;;;;;;;;;/q;+2;;;+2;;;;;4*-1. The Bertz CT molecular complexity index is 135. The Labute approximate surface area is 178 Å². The first-order valence-electron chi connectivity index (χ1n) is 1.68. The molecule has 0 spiro atoms. The van der Waals surface area contributed by atoms with Crippen molar-refractivity contribution in [3.63, 3.8) is 0 Å². The van der Waals surface area contributed by atoms with Crippen LogP contribution in [0.2, 0.25) is 0 Å². The van der Waals surface area contributed by atoms with Crippen molar-refractivity contribution in [3.8, 4) is 0 Å². The van der Waals surface area contributed by atoms with Crippen molar-refractivity contribution in [1.82, 2.24) is 0 Å². The molecular formula is H14AlCaO8PSiSrZn. The molecule has 0 unspecified atom stereocenters. The van der Waals surface area contributed by atoms with E-state index in [-0.39, 0.29) is 126 Å². The van der Waals surface area contributed by atoms with Crippen LogP contribution in [-0.2, 0) is 24.0 Å². The molecule has 0 aromatic heterocycles. The van der Waals surface area contributed by atoms with Gasteiger partial charge in [0.05, 0.1) is 0 Å². The Balaban J connectivity index is -0.00000000615. The van der Waals surface area contributed by atoms with Crippen molar-refractivity contribution in [2.75, 3.05) is 0 Å². The quantitative estimate of drug-likeness (QED) is 0.151. The summed E-state index contributed by atoms with van der Waals surface area (Å²) in [5.41, 5.74) is 0. The van der Waals surface area contributed by atoms with E-state index in [0.29, 0.717) is 0 Å². The van der Waals surface area contributed by atoms with Crippen LogP contribution in [0.3, 0.4) is 0 Å². The molecule has 0 heterocycles. The second-order valence-corrected chi connectivity index (χ2v) is 3.34. The number of hydrogen-bond acceptors (Lipinski definition) is 5. The molecule has 8 nitrogen and oxygen atoms in total. The summed E-state index contributed by atoms with van der Waals surface area (Å²) in [4.78, 5) is 50.9. The van der Waals surface area contributed by atoms with E-state index in [2.05, 4.69) is 0 Å². The first-order valence-corrected chi connectivity index (χ1v) is 5.03. The van der Waals surface area contributed by atoms with Crippen molar-refractivity contribution in [3.05, 3.63) is 0 Å². The zero-order valence-corrected chi connectivity index (χ0v) is 17.2. The minimum absolute atomic E-state index is 0. The van der Waals surface area contributed by atoms with Gasteiger partial charge >= 0.3 is 100 Å². The third-order valence-electron chi connectivity index (χ3n) is 0. The van der Waals surface area contributed by atoms with Crippen molar-refractivity contribution >= 4 is 117 Å². The van der Waals surface area contributed by atoms with Crippen molar-refractivity contribution in [1.29, 1.82) is 0 Å². The molecular weight excluding hydrogens is 407 g/mol. The number of rotatable bonds is 0. The van der Waals surface area contributed by atoms with Crippen LogP contribution >= 0.6 is 7.82 Å². The van der Waals surface area contributed by atoms with Gasteiger partial charge in [-0.05, 0) is 0 Å². The van der Waals surface area contributed by atoms with Crippen molar-refractivity contribution in [2.24, 2.45) is 0 Å². The average Bonchev–Trinajstić information content (AvgIpc) is 1.12. The van der Waals surface area contributed by atoms with Gasteiger partial charge in [0, 0.05) is 19.5 Å². The molecule has 0 aliphatic heterocycles. The summed E-state index contributed by atoms with van der Waals surface area (Å²) in [6.07, 6.45) is 0. The Morgan fingerprint density at radius 3 is 1.00 bits per heavy atom. The maximum Gasteiger partial charge on any atom is 2.00 e. The second kappa shape index (κ2) is 17.1. The topological polar surface area (TPSA) is 159 Å². The van der Waals surface area contributed by atoms with Crippen molar-refractivity contribution < 1.29 is 63.6 Å². The molecule has 0 aliphatic carbocycles. The Hall–Kier alpha value is 4.06. The third kappa shape index (κ3) is 221. The summed E-state index contributed by atoms with van der Waals surface area (Å²) in [5, 5.41) is 0. The zero-order chi connectivity index (χ0) is 9.00. The van der Waals surface area contributed by atoms with E-state index in [1.807, 2.05) is 0 Å². The monoisotopic (exact) mass is 420 g/mol. The van der Waals surface area contributed by atoms with Gasteiger partial charge in [0.25, 0.3) is 0 Å². The molecule has 0 bridgehead atoms. The molecule has 0 radical (unpaired) electrons. The predicted molar refractivity (Wildman–Crippen MR) is 54.8 cm³/mol. The normalized spacial score (nSPS) is 8.50. The molecule has 0 saturated carbocycles. The molecule has 7 N–H and O–H groups in total. The minimum Gasteiger partial charge on any atom is -1.00 e. The largest absolute Gasteiger partial charge is 2.00 e. The van der Waals surface area contributed by atoms with Crippen LogP contribution in [0.15, 0.2) is 0 Å². The smallest absolute Gasteiger partial charge is 1.00 e. The van der Waals surface area contributed by atoms with Gasteiger partial charge in [0.15, 0.2) is 17.4 Å². The third-order valence-corrected chi connectivity index (χ3v) is 0. The van der Waals surface area contributed by atoms with Crippen LogP contribution in [-0.4, -0.2) is 143 Å².